The van der Waals surface area contributed by atoms with Gasteiger partial charge in [0.05, 0.1) is 4.92 Å². The van der Waals surface area contributed by atoms with Crippen molar-refractivity contribution in [2.24, 2.45) is 0 Å². The third-order valence-corrected chi connectivity index (χ3v) is 3.57. The smallest absolute Gasteiger partial charge is 0.270 e. The van der Waals surface area contributed by atoms with Crippen LogP contribution in [0.3, 0.4) is 0 Å². The molecular weight excluding hydrogens is 302 g/mol. The number of benzene rings is 1. The number of aromatic nitrogens is 4. The summed E-state index contributed by atoms with van der Waals surface area (Å²) < 4.78 is 1.78. The Kier molecular flexibility index (Phi) is 3.84. The van der Waals surface area contributed by atoms with Gasteiger partial charge < -0.3 is 0 Å². The van der Waals surface area contributed by atoms with Crippen molar-refractivity contribution in [3.8, 4) is 17.2 Å². The number of hydrogen-bond donors (Lipinski definition) is 0. The molecule has 0 atom stereocenters. The summed E-state index contributed by atoms with van der Waals surface area (Å²) in [6, 6.07) is 8.13. The Morgan fingerprint density at radius 1 is 1.23 bits per heavy atom. The molecule has 0 fully saturated rings. The van der Waals surface area contributed by atoms with Crippen molar-refractivity contribution < 1.29 is 4.92 Å². The molecule has 2 aromatic heterocycles. The van der Waals surface area contributed by atoms with E-state index in [-0.39, 0.29) is 5.69 Å². The van der Waals surface area contributed by atoms with Crippen molar-refractivity contribution in [2.45, 2.75) is 5.16 Å². The molecule has 8 heteroatoms. The Hall–Kier alpha value is -2.74. The topological polar surface area (TPSA) is 86.7 Å². The van der Waals surface area contributed by atoms with E-state index < -0.39 is 4.92 Å². The third-order valence-electron chi connectivity index (χ3n) is 3.00. The first-order valence-electron chi connectivity index (χ1n) is 6.34. The highest BCUT2D eigenvalue weighted by Crippen LogP contribution is 2.24. The van der Waals surface area contributed by atoms with Crippen LogP contribution in [0.25, 0.3) is 17.2 Å². The maximum atomic E-state index is 10.9. The van der Waals surface area contributed by atoms with Crippen LogP contribution in [0.2, 0.25) is 0 Å². The molecule has 0 aliphatic rings. The van der Waals surface area contributed by atoms with Gasteiger partial charge in [-0.05, 0) is 12.3 Å². The molecule has 110 valence electrons. The minimum atomic E-state index is -0.423. The lowest BCUT2D eigenvalue weighted by Gasteiger charge is -2.07. The van der Waals surface area contributed by atoms with Gasteiger partial charge in [0.2, 0.25) is 0 Å². The second-order valence-electron chi connectivity index (χ2n) is 4.33. The highest BCUT2D eigenvalue weighted by molar-refractivity contribution is 7.98. The first-order valence-corrected chi connectivity index (χ1v) is 7.57. The summed E-state index contributed by atoms with van der Waals surface area (Å²) in [4.78, 5) is 23.3. The number of non-ortho nitro benzene ring substituents is 1. The van der Waals surface area contributed by atoms with Crippen molar-refractivity contribution in [1.82, 2.24) is 19.5 Å². The van der Waals surface area contributed by atoms with Gasteiger partial charge in [0.25, 0.3) is 5.69 Å². The first-order chi connectivity index (χ1) is 10.7. The molecule has 3 aromatic rings. The zero-order valence-electron chi connectivity index (χ0n) is 11.6. The molecule has 7 nitrogen and oxygen atoms in total. The fourth-order valence-corrected chi connectivity index (χ4v) is 2.38. The highest BCUT2D eigenvalue weighted by Gasteiger charge is 2.13. The third kappa shape index (κ3) is 2.68. The van der Waals surface area contributed by atoms with Crippen LogP contribution >= 0.6 is 11.8 Å². The second-order valence-corrected chi connectivity index (χ2v) is 5.10. The summed E-state index contributed by atoms with van der Waals surface area (Å²) >= 11 is 1.44. The molecular formula is C14H11N5O2S. The standard InChI is InChI=1S/C14H11N5O2S/c1-22-14-16-6-5-12(17-14)18-8-7-15-13(18)10-3-2-4-11(9-10)19(20)21/h2-9H,1H3. The number of rotatable bonds is 4. The van der Waals surface area contributed by atoms with Gasteiger partial charge in [-0.3, -0.25) is 14.7 Å². The number of nitro benzene ring substituents is 1. The summed E-state index contributed by atoms with van der Waals surface area (Å²) in [5.41, 5.74) is 0.683. The average Bonchev–Trinajstić information content (AvgIpc) is 3.04. The van der Waals surface area contributed by atoms with Gasteiger partial charge in [-0.2, -0.15) is 0 Å². The van der Waals surface area contributed by atoms with Crippen LogP contribution in [0.4, 0.5) is 5.69 Å². The molecule has 22 heavy (non-hydrogen) atoms. The van der Waals surface area contributed by atoms with Crippen LogP contribution in [0, 0.1) is 10.1 Å². The van der Waals surface area contributed by atoms with Gasteiger partial charge in [-0.1, -0.05) is 23.9 Å². The summed E-state index contributed by atoms with van der Waals surface area (Å²) in [6.45, 7) is 0. The van der Waals surface area contributed by atoms with E-state index in [1.165, 1.54) is 23.9 Å². The Bertz CT molecular complexity index is 833. The lowest BCUT2D eigenvalue weighted by Crippen LogP contribution is -2.01. The second kappa shape index (κ2) is 5.94. The van der Waals surface area contributed by atoms with Crippen LogP contribution in [0.5, 0.6) is 0 Å². The summed E-state index contributed by atoms with van der Waals surface area (Å²) in [6.07, 6.45) is 6.97. The van der Waals surface area contributed by atoms with Gasteiger partial charge in [-0.15, -0.1) is 0 Å². The fraction of sp³-hybridized carbons (Fsp3) is 0.0714. The lowest BCUT2D eigenvalue weighted by molar-refractivity contribution is -0.384. The van der Waals surface area contributed by atoms with Gasteiger partial charge >= 0.3 is 0 Å². The maximum Gasteiger partial charge on any atom is 0.270 e. The molecule has 0 saturated carbocycles. The first kappa shape index (κ1) is 14.2. The molecule has 0 radical (unpaired) electrons. The Morgan fingerprint density at radius 2 is 2.09 bits per heavy atom. The normalized spacial score (nSPS) is 10.6. The summed E-state index contributed by atoms with van der Waals surface area (Å²) in [5, 5.41) is 11.6. The van der Waals surface area contributed by atoms with Gasteiger partial charge in [0.1, 0.15) is 11.6 Å². The SMILES string of the molecule is CSc1nccc(-n2ccnc2-c2cccc([N+](=O)[O-])c2)n1. The van der Waals surface area contributed by atoms with Crippen molar-refractivity contribution in [2.75, 3.05) is 6.26 Å². The average molecular weight is 313 g/mol. The van der Waals surface area contributed by atoms with Crippen LogP contribution in [-0.2, 0) is 0 Å². The van der Waals surface area contributed by atoms with Gasteiger partial charge in [0, 0.05) is 36.3 Å². The van der Waals surface area contributed by atoms with E-state index in [0.717, 1.165) is 0 Å². The zero-order valence-corrected chi connectivity index (χ0v) is 12.4. The predicted octanol–water partition coefficient (Wildman–Crippen LogP) is 2.96. The zero-order chi connectivity index (χ0) is 15.5. The van der Waals surface area contributed by atoms with E-state index in [2.05, 4.69) is 15.0 Å². The van der Waals surface area contributed by atoms with Crippen molar-refractivity contribution in [1.29, 1.82) is 0 Å². The van der Waals surface area contributed by atoms with E-state index in [0.29, 0.717) is 22.4 Å². The molecule has 0 unspecified atom stereocenters. The number of nitrogens with zero attached hydrogens (tertiary/aromatic N) is 5. The molecule has 0 aliphatic carbocycles. The molecule has 2 heterocycles. The van der Waals surface area contributed by atoms with Crippen LogP contribution in [-0.4, -0.2) is 30.7 Å². The van der Waals surface area contributed by atoms with Gasteiger partial charge in [-0.25, -0.2) is 15.0 Å². The number of nitro groups is 1. The minimum absolute atomic E-state index is 0.0274. The Labute approximate surface area is 130 Å². The Morgan fingerprint density at radius 3 is 2.86 bits per heavy atom. The molecule has 0 aliphatic heterocycles. The maximum absolute atomic E-state index is 10.9. The van der Waals surface area contributed by atoms with Crippen LogP contribution in [0.15, 0.2) is 54.1 Å². The van der Waals surface area contributed by atoms with Crippen molar-refractivity contribution in [3.63, 3.8) is 0 Å². The van der Waals surface area contributed by atoms with Crippen molar-refractivity contribution >= 4 is 17.4 Å². The largest absolute Gasteiger partial charge is 0.284 e. The fourth-order valence-electron chi connectivity index (χ4n) is 2.02. The predicted molar refractivity (Wildman–Crippen MR) is 83.0 cm³/mol. The molecule has 0 saturated heterocycles. The molecule has 1 aromatic carbocycles. The molecule has 0 spiro atoms. The molecule has 0 amide bonds. The van der Waals surface area contributed by atoms with Crippen LogP contribution in [0.1, 0.15) is 0 Å². The highest BCUT2D eigenvalue weighted by atomic mass is 32.2. The monoisotopic (exact) mass is 313 g/mol. The quantitative estimate of drug-likeness (QED) is 0.318. The van der Waals surface area contributed by atoms with E-state index in [1.54, 1.807) is 41.4 Å². The summed E-state index contributed by atoms with van der Waals surface area (Å²) in [7, 11) is 0. The van der Waals surface area contributed by atoms with E-state index >= 15 is 0 Å². The minimum Gasteiger partial charge on any atom is -0.284 e. The lowest BCUT2D eigenvalue weighted by atomic mass is 10.2. The van der Waals surface area contributed by atoms with Crippen molar-refractivity contribution in [3.05, 3.63) is 59.0 Å². The van der Waals surface area contributed by atoms with Gasteiger partial charge in [0.15, 0.2) is 5.16 Å². The van der Waals surface area contributed by atoms with E-state index in [4.69, 9.17) is 0 Å². The van der Waals surface area contributed by atoms with E-state index in [1.807, 2.05) is 6.26 Å². The number of thioether (sulfide) groups is 1. The Balaban J connectivity index is 2.09. The molecule has 0 bridgehead atoms. The number of hydrogen-bond acceptors (Lipinski definition) is 6. The van der Waals surface area contributed by atoms with E-state index in [9.17, 15) is 10.1 Å². The van der Waals surface area contributed by atoms with Crippen LogP contribution < -0.4 is 0 Å². The number of imidazole rings is 1. The molecule has 0 N–H and O–H groups in total. The summed E-state index contributed by atoms with van der Waals surface area (Å²) in [5.74, 6) is 1.26. The molecule has 3 rings (SSSR count).